The summed E-state index contributed by atoms with van der Waals surface area (Å²) >= 11 is 2.57. The molecule has 0 bridgehead atoms. The molecule has 0 amide bonds. The minimum Gasteiger partial charge on any atom is -0.478 e. The van der Waals surface area contributed by atoms with Gasteiger partial charge in [-0.15, -0.1) is 10.2 Å². The molecule has 1 N–H and O–H groups in total. The van der Waals surface area contributed by atoms with Crippen molar-refractivity contribution < 1.29 is 9.63 Å². The molecule has 0 aliphatic rings. The van der Waals surface area contributed by atoms with Crippen molar-refractivity contribution in [3.63, 3.8) is 0 Å². The molecule has 0 saturated carbocycles. The van der Waals surface area contributed by atoms with Gasteiger partial charge in [-0.1, -0.05) is 30.8 Å². The van der Waals surface area contributed by atoms with Crippen LogP contribution in [-0.2, 0) is 0 Å². The molecule has 2 aromatic heterocycles. The summed E-state index contributed by atoms with van der Waals surface area (Å²) in [5, 5.41) is 22.1. The van der Waals surface area contributed by atoms with E-state index in [1.165, 1.54) is 11.8 Å². The normalized spacial score (nSPS) is 11.8. The van der Waals surface area contributed by atoms with Crippen molar-refractivity contribution >= 4 is 34.1 Å². The van der Waals surface area contributed by atoms with Gasteiger partial charge in [0.2, 0.25) is 10.3 Å². The first kappa shape index (κ1) is 13.0. The van der Waals surface area contributed by atoms with E-state index in [1.54, 1.807) is 0 Å². The van der Waals surface area contributed by atoms with Crippen LogP contribution in [0.4, 0.5) is 10.8 Å². The number of hydrogen-bond donors (Lipinski definition) is 1. The average Bonchev–Trinajstić information content (AvgIpc) is 2.93. The Morgan fingerprint density at radius 2 is 2.17 bits per heavy atom. The van der Waals surface area contributed by atoms with E-state index in [1.807, 2.05) is 20.1 Å². The van der Waals surface area contributed by atoms with Crippen LogP contribution in [0, 0.1) is 0 Å². The summed E-state index contributed by atoms with van der Waals surface area (Å²) in [5.41, 5.74) is 0.803. The Morgan fingerprint density at radius 3 is 2.78 bits per heavy atom. The third kappa shape index (κ3) is 2.67. The molecule has 0 spiro atoms. The van der Waals surface area contributed by atoms with E-state index in [4.69, 9.17) is 0 Å². The second kappa shape index (κ2) is 5.44. The average molecular weight is 285 g/mol. The molecule has 96 valence electrons. The highest BCUT2D eigenvalue weighted by molar-refractivity contribution is 7.98. The van der Waals surface area contributed by atoms with Gasteiger partial charge in [-0.3, -0.25) is 0 Å². The lowest BCUT2D eigenvalue weighted by Gasteiger charge is -1.97. The summed E-state index contributed by atoms with van der Waals surface area (Å²) in [7, 11) is 0. The molecule has 0 saturated heterocycles. The van der Waals surface area contributed by atoms with E-state index >= 15 is 0 Å². The van der Waals surface area contributed by atoms with Crippen molar-refractivity contribution in [1.29, 1.82) is 0 Å². The van der Waals surface area contributed by atoms with Crippen molar-refractivity contribution in [2.24, 2.45) is 10.2 Å². The van der Waals surface area contributed by atoms with Gasteiger partial charge in [-0.2, -0.15) is 9.36 Å². The number of thioether (sulfide) groups is 1. The predicted molar refractivity (Wildman–Crippen MR) is 68.1 cm³/mol. The van der Waals surface area contributed by atoms with Crippen LogP contribution in [0.25, 0.3) is 0 Å². The summed E-state index contributed by atoms with van der Waals surface area (Å²) in [6, 6.07) is 0. The van der Waals surface area contributed by atoms with Crippen LogP contribution < -0.4 is 0 Å². The standard InChI is InChI=1S/C9H11N5O2S2/c1-4(2)5-6(7(15)16-13-5)11-12-8-10-9(17-3)14-18-8/h4,15H,1-3H3. The molecular formula is C9H11N5O2S2. The first-order valence-electron chi connectivity index (χ1n) is 5.09. The third-order valence-corrected chi connectivity index (χ3v) is 3.30. The van der Waals surface area contributed by atoms with E-state index in [9.17, 15) is 5.11 Å². The van der Waals surface area contributed by atoms with Crippen LogP contribution in [0.15, 0.2) is 19.9 Å². The van der Waals surface area contributed by atoms with Gasteiger partial charge < -0.3 is 9.63 Å². The lowest BCUT2D eigenvalue weighted by Crippen LogP contribution is -1.86. The lowest BCUT2D eigenvalue weighted by atomic mass is 10.1. The Morgan fingerprint density at radius 1 is 1.39 bits per heavy atom. The maximum Gasteiger partial charge on any atom is 0.337 e. The quantitative estimate of drug-likeness (QED) is 0.682. The van der Waals surface area contributed by atoms with Crippen molar-refractivity contribution in [1.82, 2.24) is 14.5 Å². The Bertz CT molecular complexity index is 563. The van der Waals surface area contributed by atoms with Crippen LogP contribution >= 0.6 is 23.3 Å². The fraction of sp³-hybridized carbons (Fsp3) is 0.444. The summed E-state index contributed by atoms with van der Waals surface area (Å²) in [5.74, 6) is -0.253. The molecule has 0 aliphatic heterocycles. The monoisotopic (exact) mass is 285 g/mol. The third-order valence-electron chi connectivity index (χ3n) is 2.04. The second-order valence-electron chi connectivity index (χ2n) is 3.64. The molecule has 2 aromatic rings. The molecule has 9 heteroatoms. The van der Waals surface area contributed by atoms with E-state index < -0.39 is 0 Å². The van der Waals surface area contributed by atoms with Crippen LogP contribution in [-0.4, -0.2) is 25.9 Å². The second-order valence-corrected chi connectivity index (χ2v) is 5.14. The number of azo groups is 1. The van der Waals surface area contributed by atoms with Gasteiger partial charge in [-0.25, -0.2) is 0 Å². The topological polar surface area (TPSA) is 96.8 Å². The van der Waals surface area contributed by atoms with E-state index in [0.717, 1.165) is 11.5 Å². The van der Waals surface area contributed by atoms with Gasteiger partial charge in [0.15, 0.2) is 5.69 Å². The first-order chi connectivity index (χ1) is 8.61. The van der Waals surface area contributed by atoms with Gasteiger partial charge in [0, 0.05) is 17.5 Å². The summed E-state index contributed by atoms with van der Waals surface area (Å²) < 4.78 is 8.74. The molecule has 2 heterocycles. The van der Waals surface area contributed by atoms with Crippen LogP contribution in [0.2, 0.25) is 0 Å². The summed E-state index contributed by atoms with van der Waals surface area (Å²) in [6.45, 7) is 3.85. The zero-order chi connectivity index (χ0) is 13.1. The van der Waals surface area contributed by atoms with Gasteiger partial charge in [0.25, 0.3) is 0 Å². The Balaban J connectivity index is 2.25. The van der Waals surface area contributed by atoms with Crippen molar-refractivity contribution in [2.75, 3.05) is 6.26 Å². The highest BCUT2D eigenvalue weighted by Gasteiger charge is 2.18. The van der Waals surface area contributed by atoms with Crippen molar-refractivity contribution in [3.8, 4) is 5.95 Å². The van der Waals surface area contributed by atoms with E-state index in [-0.39, 0.29) is 17.6 Å². The maximum absolute atomic E-state index is 9.49. The molecule has 0 unspecified atom stereocenters. The van der Waals surface area contributed by atoms with E-state index in [0.29, 0.717) is 16.0 Å². The van der Waals surface area contributed by atoms with Crippen molar-refractivity contribution in [2.45, 2.75) is 24.9 Å². The molecular weight excluding hydrogens is 274 g/mol. The zero-order valence-corrected chi connectivity index (χ0v) is 11.6. The lowest BCUT2D eigenvalue weighted by molar-refractivity contribution is 0.276. The van der Waals surface area contributed by atoms with Crippen LogP contribution in [0.1, 0.15) is 25.5 Å². The minimum absolute atomic E-state index is 0.0831. The molecule has 0 radical (unpaired) electrons. The van der Waals surface area contributed by atoms with Gasteiger partial charge >= 0.3 is 5.95 Å². The molecule has 0 atom stereocenters. The molecule has 2 rings (SSSR count). The van der Waals surface area contributed by atoms with Gasteiger partial charge in [0.1, 0.15) is 5.69 Å². The van der Waals surface area contributed by atoms with E-state index in [2.05, 4.69) is 29.3 Å². The molecule has 0 aliphatic carbocycles. The fourth-order valence-corrected chi connectivity index (χ4v) is 2.23. The Labute approximate surface area is 111 Å². The first-order valence-corrected chi connectivity index (χ1v) is 7.09. The maximum atomic E-state index is 9.49. The molecule has 0 fully saturated rings. The van der Waals surface area contributed by atoms with Crippen molar-refractivity contribution in [3.05, 3.63) is 5.69 Å². The zero-order valence-electron chi connectivity index (χ0n) is 9.99. The van der Waals surface area contributed by atoms with Crippen LogP contribution in [0.3, 0.4) is 0 Å². The minimum atomic E-state index is -0.336. The van der Waals surface area contributed by atoms with Gasteiger partial charge in [0.05, 0.1) is 0 Å². The largest absolute Gasteiger partial charge is 0.478 e. The summed E-state index contributed by atoms with van der Waals surface area (Å²) in [4.78, 5) is 4.11. The number of nitrogens with zero attached hydrogens (tertiary/aromatic N) is 5. The Kier molecular flexibility index (Phi) is 3.92. The SMILES string of the molecule is CSc1nsc(N=Nc2c(C(C)C)noc2O)n1. The molecule has 18 heavy (non-hydrogen) atoms. The molecule has 7 nitrogen and oxygen atoms in total. The highest BCUT2D eigenvalue weighted by Crippen LogP contribution is 2.36. The highest BCUT2D eigenvalue weighted by atomic mass is 32.2. The van der Waals surface area contributed by atoms with Gasteiger partial charge in [-0.05, 0) is 6.26 Å². The number of hydrogen-bond acceptors (Lipinski definition) is 9. The smallest absolute Gasteiger partial charge is 0.337 e. The fourth-order valence-electron chi connectivity index (χ4n) is 1.18. The predicted octanol–water partition coefficient (Wildman–Crippen LogP) is 3.49. The summed E-state index contributed by atoms with van der Waals surface area (Å²) in [6.07, 6.45) is 1.88. The number of aromatic hydroxyl groups is 1. The van der Waals surface area contributed by atoms with Crippen LogP contribution in [0.5, 0.6) is 5.95 Å². The number of aromatic nitrogens is 3. The number of rotatable bonds is 4. The molecule has 0 aromatic carbocycles. The Hall–Kier alpha value is -1.48.